The zero-order valence-electron chi connectivity index (χ0n) is 18.4. The second kappa shape index (κ2) is 8.35. The molecule has 0 aliphatic rings. The minimum atomic E-state index is -4.54. The topological polar surface area (TPSA) is 104 Å². The molecule has 0 radical (unpaired) electrons. The molecule has 0 saturated carbocycles. The molecule has 35 heavy (non-hydrogen) atoms. The fourth-order valence-corrected chi connectivity index (χ4v) is 3.79. The molecule has 0 bridgehead atoms. The van der Waals surface area contributed by atoms with E-state index in [9.17, 15) is 18.0 Å². The molecule has 1 aromatic carbocycles. The van der Waals surface area contributed by atoms with E-state index in [0.29, 0.717) is 22.5 Å². The molecule has 0 fully saturated rings. The molecular weight excluding hydrogens is 459 g/mol. The molecule has 2 N–H and O–H groups in total. The summed E-state index contributed by atoms with van der Waals surface area (Å²) in [5.41, 5.74) is 9.38. The number of fused-ring (bicyclic) bond motifs is 1. The Kier molecular flexibility index (Phi) is 5.31. The zero-order chi connectivity index (χ0) is 24.7. The summed E-state index contributed by atoms with van der Waals surface area (Å²) in [6, 6.07) is 13.1. The average molecular weight is 477 g/mol. The highest BCUT2D eigenvalue weighted by Gasteiger charge is 2.32. The van der Waals surface area contributed by atoms with Gasteiger partial charge in [0, 0.05) is 34.9 Å². The van der Waals surface area contributed by atoms with Gasteiger partial charge in [-0.1, -0.05) is 18.2 Å². The summed E-state index contributed by atoms with van der Waals surface area (Å²) in [6.07, 6.45) is -0.216. The minimum Gasteiger partial charge on any atom is -0.399 e. The van der Waals surface area contributed by atoms with E-state index in [1.807, 2.05) is 31.2 Å². The lowest BCUT2D eigenvalue weighted by Crippen LogP contribution is -2.23. The van der Waals surface area contributed by atoms with Crippen LogP contribution in [0.2, 0.25) is 0 Å². The van der Waals surface area contributed by atoms with Crippen LogP contribution in [0, 0.1) is 6.92 Å². The molecule has 176 valence electrons. The Morgan fingerprint density at radius 3 is 2.40 bits per heavy atom. The van der Waals surface area contributed by atoms with Crippen molar-refractivity contribution >= 4 is 11.3 Å². The highest BCUT2D eigenvalue weighted by molar-refractivity contribution is 5.91. The maximum atomic E-state index is 13.1. The van der Waals surface area contributed by atoms with Gasteiger partial charge in [0.15, 0.2) is 5.65 Å². The molecule has 11 heteroatoms. The van der Waals surface area contributed by atoms with Gasteiger partial charge in [0.25, 0.3) is 0 Å². The molecular formula is C24H18F3N7O. The van der Waals surface area contributed by atoms with Gasteiger partial charge in [-0.25, -0.2) is 9.48 Å². The molecule has 0 atom stereocenters. The summed E-state index contributed by atoms with van der Waals surface area (Å²) < 4.78 is 40.8. The van der Waals surface area contributed by atoms with E-state index < -0.39 is 17.6 Å². The van der Waals surface area contributed by atoms with Crippen LogP contribution in [0.3, 0.4) is 0 Å². The Balaban J connectivity index is 1.67. The highest BCUT2D eigenvalue weighted by Crippen LogP contribution is 2.34. The van der Waals surface area contributed by atoms with Gasteiger partial charge in [0.2, 0.25) is 0 Å². The number of pyridine rings is 2. The van der Waals surface area contributed by atoms with Crippen molar-refractivity contribution in [3.05, 3.63) is 94.6 Å². The van der Waals surface area contributed by atoms with E-state index in [1.165, 1.54) is 10.6 Å². The Bertz CT molecular complexity index is 1590. The third-order valence-corrected chi connectivity index (χ3v) is 5.47. The summed E-state index contributed by atoms with van der Waals surface area (Å²) >= 11 is 0. The molecule has 4 aromatic heterocycles. The van der Waals surface area contributed by atoms with Crippen LogP contribution in [0.25, 0.3) is 27.9 Å². The molecule has 5 aromatic rings. The van der Waals surface area contributed by atoms with Crippen LogP contribution >= 0.6 is 0 Å². The predicted molar refractivity (Wildman–Crippen MR) is 123 cm³/mol. The van der Waals surface area contributed by atoms with E-state index in [4.69, 9.17) is 5.73 Å². The van der Waals surface area contributed by atoms with Gasteiger partial charge in [-0.05, 0) is 53.9 Å². The van der Waals surface area contributed by atoms with Gasteiger partial charge in [-0.15, -0.1) is 5.10 Å². The van der Waals surface area contributed by atoms with Gasteiger partial charge >= 0.3 is 11.9 Å². The number of halogens is 3. The highest BCUT2D eigenvalue weighted by atomic mass is 19.4. The fraction of sp³-hybridized carbons (Fsp3) is 0.125. The third kappa shape index (κ3) is 4.23. The first-order valence-electron chi connectivity index (χ1n) is 10.5. The number of hydrogen-bond donors (Lipinski definition) is 1. The van der Waals surface area contributed by atoms with Gasteiger partial charge in [-0.2, -0.15) is 22.8 Å². The lowest BCUT2D eigenvalue weighted by molar-refractivity contribution is -0.141. The van der Waals surface area contributed by atoms with Crippen LogP contribution in [-0.2, 0) is 12.7 Å². The number of rotatable bonds is 4. The lowest BCUT2D eigenvalue weighted by atomic mass is 9.97. The maximum Gasteiger partial charge on any atom is 0.433 e. The van der Waals surface area contributed by atoms with Crippen LogP contribution < -0.4 is 11.4 Å². The molecule has 0 unspecified atom stereocenters. The van der Waals surface area contributed by atoms with Crippen LogP contribution in [0.5, 0.6) is 0 Å². The monoisotopic (exact) mass is 477 g/mol. The standard InChI is InChI=1S/C24H18F3N7O/c1-14-10-17(8-9-29-14)21-19(16-3-5-18(28)6-4-16)12-31-34-22(21)32-33(23(34)35)13-15-2-7-20(30-11-15)24(25,26)27/h2-12H,13,28H2,1H3. The summed E-state index contributed by atoms with van der Waals surface area (Å²) in [5.74, 6) is 0. The number of alkyl halides is 3. The van der Waals surface area contributed by atoms with Crippen molar-refractivity contribution in [3.63, 3.8) is 0 Å². The van der Waals surface area contributed by atoms with Crippen molar-refractivity contribution < 1.29 is 13.2 Å². The predicted octanol–water partition coefficient (Wildman–Crippen LogP) is 3.97. The summed E-state index contributed by atoms with van der Waals surface area (Å²) in [4.78, 5) is 20.8. The second-order valence-corrected chi connectivity index (χ2v) is 7.97. The SMILES string of the molecule is Cc1cc(-c2c(-c3ccc(N)cc3)cnn3c(=O)n(Cc4ccc(C(F)(F)F)nc4)nc23)ccn1. The first-order chi connectivity index (χ1) is 16.7. The van der Waals surface area contributed by atoms with Crippen molar-refractivity contribution in [2.75, 3.05) is 5.73 Å². The van der Waals surface area contributed by atoms with Gasteiger partial charge in [-0.3, -0.25) is 9.97 Å². The quantitative estimate of drug-likeness (QED) is 0.393. The van der Waals surface area contributed by atoms with Crippen LogP contribution in [-0.4, -0.2) is 29.4 Å². The first kappa shape index (κ1) is 22.3. The molecule has 0 saturated heterocycles. The Morgan fingerprint density at radius 1 is 0.971 bits per heavy atom. The number of hydrogen-bond acceptors (Lipinski definition) is 6. The number of anilines is 1. The van der Waals surface area contributed by atoms with Crippen molar-refractivity contribution in [1.82, 2.24) is 29.4 Å². The minimum absolute atomic E-state index is 0.0701. The molecule has 0 aliphatic heterocycles. The zero-order valence-corrected chi connectivity index (χ0v) is 18.4. The van der Waals surface area contributed by atoms with Gasteiger partial charge in [0.1, 0.15) is 5.69 Å². The van der Waals surface area contributed by atoms with Crippen LogP contribution in [0.4, 0.5) is 18.9 Å². The number of aromatic nitrogens is 6. The molecule has 0 aliphatic carbocycles. The van der Waals surface area contributed by atoms with E-state index >= 15 is 0 Å². The number of nitrogens with zero attached hydrogens (tertiary/aromatic N) is 6. The average Bonchev–Trinajstić information content (AvgIpc) is 3.14. The molecule has 0 amide bonds. The summed E-state index contributed by atoms with van der Waals surface area (Å²) in [6.45, 7) is 1.78. The molecule has 4 heterocycles. The van der Waals surface area contributed by atoms with Gasteiger partial charge < -0.3 is 5.73 Å². The number of nitrogens with two attached hydrogens (primary N) is 1. The summed E-state index contributed by atoms with van der Waals surface area (Å²) in [5, 5.41) is 8.80. The largest absolute Gasteiger partial charge is 0.433 e. The van der Waals surface area contributed by atoms with Crippen molar-refractivity contribution in [2.45, 2.75) is 19.6 Å². The molecule has 0 spiro atoms. The van der Waals surface area contributed by atoms with E-state index in [2.05, 4.69) is 20.2 Å². The lowest BCUT2D eigenvalue weighted by Gasteiger charge is -2.11. The van der Waals surface area contributed by atoms with Crippen LogP contribution in [0.1, 0.15) is 17.0 Å². The number of nitrogen functional groups attached to an aromatic ring is 1. The van der Waals surface area contributed by atoms with E-state index in [0.717, 1.165) is 39.3 Å². The maximum absolute atomic E-state index is 13.1. The van der Waals surface area contributed by atoms with Crippen molar-refractivity contribution in [1.29, 1.82) is 0 Å². The Labute approximate surface area is 196 Å². The van der Waals surface area contributed by atoms with E-state index in [-0.39, 0.29) is 6.54 Å². The third-order valence-electron chi connectivity index (χ3n) is 5.47. The summed E-state index contributed by atoms with van der Waals surface area (Å²) in [7, 11) is 0. The Hall–Kier alpha value is -4.54. The van der Waals surface area contributed by atoms with E-state index in [1.54, 1.807) is 24.5 Å². The number of aryl methyl sites for hydroxylation is 1. The molecule has 8 nitrogen and oxygen atoms in total. The normalized spacial score (nSPS) is 11.8. The number of benzene rings is 1. The van der Waals surface area contributed by atoms with Crippen molar-refractivity contribution in [3.8, 4) is 22.3 Å². The van der Waals surface area contributed by atoms with Crippen LogP contribution in [0.15, 0.2) is 71.9 Å². The molecule has 5 rings (SSSR count). The second-order valence-electron chi connectivity index (χ2n) is 7.97. The smallest absolute Gasteiger partial charge is 0.399 e. The first-order valence-corrected chi connectivity index (χ1v) is 10.5. The fourth-order valence-electron chi connectivity index (χ4n) is 3.79. The Morgan fingerprint density at radius 2 is 1.74 bits per heavy atom. The van der Waals surface area contributed by atoms with Gasteiger partial charge in [0.05, 0.1) is 12.7 Å². The van der Waals surface area contributed by atoms with Crippen molar-refractivity contribution in [2.24, 2.45) is 0 Å².